The van der Waals surface area contributed by atoms with Gasteiger partial charge in [-0.25, -0.2) is 4.98 Å². The van der Waals surface area contributed by atoms with E-state index in [1.165, 1.54) is 22.5 Å². The maximum absolute atomic E-state index is 12.1. The summed E-state index contributed by atoms with van der Waals surface area (Å²) in [7, 11) is 0. The molecule has 5 heteroatoms. The minimum absolute atomic E-state index is 0.0376. The van der Waals surface area contributed by atoms with Crippen LogP contribution in [-0.4, -0.2) is 17.5 Å². The quantitative estimate of drug-likeness (QED) is 0.548. The minimum Gasteiger partial charge on any atom is -0.493 e. The number of anilines is 1. The number of aromatic nitrogens is 1. The van der Waals surface area contributed by atoms with Gasteiger partial charge in [0.2, 0.25) is 5.91 Å². The number of nitrogens with zero attached hydrogens (tertiary/aromatic N) is 1. The van der Waals surface area contributed by atoms with Crippen molar-refractivity contribution in [3.63, 3.8) is 0 Å². The average molecular weight is 381 g/mol. The molecule has 0 aliphatic carbocycles. The van der Waals surface area contributed by atoms with Crippen molar-refractivity contribution >= 4 is 22.4 Å². The van der Waals surface area contributed by atoms with Crippen molar-refractivity contribution in [2.24, 2.45) is 0 Å². The zero-order chi connectivity index (χ0) is 19.2. The molecule has 0 radical (unpaired) electrons. The number of nitrogens with one attached hydrogen (secondary N) is 1. The van der Waals surface area contributed by atoms with Crippen molar-refractivity contribution in [1.29, 1.82) is 0 Å². The zero-order valence-corrected chi connectivity index (χ0v) is 16.7. The Labute approximate surface area is 164 Å². The normalized spacial score (nSPS) is 10.6. The van der Waals surface area contributed by atoms with Gasteiger partial charge in [-0.15, -0.1) is 11.3 Å². The highest BCUT2D eigenvalue weighted by molar-refractivity contribution is 7.14. The van der Waals surface area contributed by atoms with Crippen molar-refractivity contribution in [3.05, 3.63) is 64.5 Å². The minimum atomic E-state index is -0.0376. The number of benzene rings is 2. The molecule has 0 spiro atoms. The van der Waals surface area contributed by atoms with Crippen molar-refractivity contribution in [3.8, 4) is 17.0 Å². The first-order valence-electron chi connectivity index (χ1n) is 9.04. The first-order chi connectivity index (χ1) is 13.0. The first-order valence-corrected chi connectivity index (χ1v) is 9.92. The van der Waals surface area contributed by atoms with Crippen LogP contribution >= 0.6 is 11.3 Å². The monoisotopic (exact) mass is 380 g/mol. The molecule has 140 valence electrons. The second kappa shape index (κ2) is 8.82. The largest absolute Gasteiger partial charge is 0.493 e. The van der Waals surface area contributed by atoms with Crippen molar-refractivity contribution < 1.29 is 9.53 Å². The number of hydrogen-bond donors (Lipinski definition) is 1. The Morgan fingerprint density at radius 1 is 1.07 bits per heavy atom. The summed E-state index contributed by atoms with van der Waals surface area (Å²) >= 11 is 1.44. The molecule has 0 unspecified atom stereocenters. The first kappa shape index (κ1) is 19.1. The summed E-state index contributed by atoms with van der Waals surface area (Å²) in [6.07, 6.45) is 1.07. The molecule has 0 saturated heterocycles. The molecule has 0 bridgehead atoms. The molecule has 3 rings (SSSR count). The fourth-order valence-electron chi connectivity index (χ4n) is 2.65. The van der Waals surface area contributed by atoms with Crippen molar-refractivity contribution in [2.45, 2.75) is 33.6 Å². The lowest BCUT2D eigenvalue weighted by Crippen LogP contribution is -2.12. The Morgan fingerprint density at radius 2 is 1.81 bits per heavy atom. The highest BCUT2D eigenvalue weighted by Gasteiger charge is 2.08. The summed E-state index contributed by atoms with van der Waals surface area (Å²) in [4.78, 5) is 16.6. The average Bonchev–Trinajstić information content (AvgIpc) is 3.10. The predicted octanol–water partition coefficient (Wildman–Crippen LogP) is 5.53. The Kier molecular flexibility index (Phi) is 6.24. The van der Waals surface area contributed by atoms with Gasteiger partial charge in [-0.1, -0.05) is 42.0 Å². The summed E-state index contributed by atoms with van der Waals surface area (Å²) in [6, 6.07) is 14.3. The smallest absolute Gasteiger partial charge is 0.226 e. The van der Waals surface area contributed by atoms with Crippen LogP contribution in [0.15, 0.2) is 47.8 Å². The van der Waals surface area contributed by atoms with E-state index in [-0.39, 0.29) is 5.91 Å². The highest BCUT2D eigenvalue weighted by atomic mass is 32.1. The van der Waals surface area contributed by atoms with E-state index in [2.05, 4.69) is 35.4 Å². The number of carbonyl (C=O) groups excluding carboxylic acids is 1. The van der Waals surface area contributed by atoms with Gasteiger partial charge in [-0.05, 0) is 44.4 Å². The molecule has 1 aromatic heterocycles. The van der Waals surface area contributed by atoms with E-state index in [9.17, 15) is 4.79 Å². The lowest BCUT2D eigenvalue weighted by atomic mass is 10.1. The summed E-state index contributed by atoms with van der Waals surface area (Å²) < 4.78 is 5.80. The van der Waals surface area contributed by atoms with E-state index >= 15 is 0 Å². The van der Waals surface area contributed by atoms with Crippen LogP contribution in [0.5, 0.6) is 5.75 Å². The second-order valence-electron chi connectivity index (χ2n) is 6.67. The van der Waals surface area contributed by atoms with Crippen LogP contribution in [0.25, 0.3) is 11.3 Å². The standard InChI is InChI=1S/C22H24N2O2S/c1-15-7-10-18(11-8-15)19-14-27-22(23-19)24-21(25)5-4-12-26-20-13-16(2)6-9-17(20)3/h6-11,13-14H,4-5,12H2,1-3H3,(H,23,24,25). The molecule has 2 aromatic carbocycles. The number of thiazole rings is 1. The summed E-state index contributed by atoms with van der Waals surface area (Å²) in [5.41, 5.74) is 5.43. The Hall–Kier alpha value is -2.66. The third-order valence-corrected chi connectivity index (χ3v) is 5.00. The van der Waals surface area contributed by atoms with Crippen LogP contribution in [0.1, 0.15) is 29.5 Å². The van der Waals surface area contributed by atoms with E-state index in [0.29, 0.717) is 24.6 Å². The highest BCUT2D eigenvalue weighted by Crippen LogP contribution is 2.25. The van der Waals surface area contributed by atoms with Crippen LogP contribution in [0.4, 0.5) is 5.13 Å². The van der Waals surface area contributed by atoms with Crippen LogP contribution in [0.2, 0.25) is 0 Å². The van der Waals surface area contributed by atoms with Gasteiger partial charge in [0.15, 0.2) is 5.13 Å². The van der Waals surface area contributed by atoms with E-state index in [1.54, 1.807) is 0 Å². The summed E-state index contributed by atoms with van der Waals surface area (Å²) in [6.45, 7) is 6.64. The third kappa shape index (κ3) is 5.41. The number of amides is 1. The Balaban J connectivity index is 1.46. The van der Waals surface area contributed by atoms with Gasteiger partial charge in [0.25, 0.3) is 0 Å². The molecule has 0 fully saturated rings. The van der Waals surface area contributed by atoms with Crippen LogP contribution in [-0.2, 0) is 4.79 Å². The molecule has 0 saturated carbocycles. The molecule has 0 aliphatic heterocycles. The second-order valence-corrected chi connectivity index (χ2v) is 7.53. The van der Waals surface area contributed by atoms with E-state index < -0.39 is 0 Å². The third-order valence-electron chi connectivity index (χ3n) is 4.25. The Bertz CT molecular complexity index is 916. The topological polar surface area (TPSA) is 51.2 Å². The van der Waals surface area contributed by atoms with E-state index in [0.717, 1.165) is 22.6 Å². The lowest BCUT2D eigenvalue weighted by molar-refractivity contribution is -0.116. The molecule has 1 N–H and O–H groups in total. The number of carbonyl (C=O) groups is 1. The van der Waals surface area contributed by atoms with Gasteiger partial charge >= 0.3 is 0 Å². The molecule has 0 aliphatic rings. The fourth-order valence-corrected chi connectivity index (χ4v) is 3.38. The van der Waals surface area contributed by atoms with Gasteiger partial charge in [0, 0.05) is 17.4 Å². The van der Waals surface area contributed by atoms with Gasteiger partial charge < -0.3 is 10.1 Å². The molecule has 1 amide bonds. The number of aryl methyl sites for hydroxylation is 3. The van der Waals surface area contributed by atoms with Gasteiger partial charge in [0.05, 0.1) is 12.3 Å². The molecule has 0 atom stereocenters. The Morgan fingerprint density at radius 3 is 2.59 bits per heavy atom. The summed E-state index contributed by atoms with van der Waals surface area (Å²) in [5, 5.41) is 5.47. The predicted molar refractivity (Wildman–Crippen MR) is 112 cm³/mol. The van der Waals surface area contributed by atoms with Crippen LogP contribution in [0.3, 0.4) is 0 Å². The van der Waals surface area contributed by atoms with E-state index in [1.807, 2.05) is 43.5 Å². The molecular weight excluding hydrogens is 356 g/mol. The van der Waals surface area contributed by atoms with Crippen LogP contribution in [0, 0.1) is 20.8 Å². The van der Waals surface area contributed by atoms with E-state index in [4.69, 9.17) is 4.74 Å². The molecule has 27 heavy (non-hydrogen) atoms. The maximum atomic E-state index is 12.1. The fraction of sp³-hybridized carbons (Fsp3) is 0.273. The van der Waals surface area contributed by atoms with Gasteiger partial charge in [-0.3, -0.25) is 4.79 Å². The number of rotatable bonds is 7. The SMILES string of the molecule is Cc1ccc(-c2csc(NC(=O)CCCOc3cc(C)ccc3C)n2)cc1. The maximum Gasteiger partial charge on any atom is 0.226 e. The van der Waals surface area contributed by atoms with Gasteiger partial charge in [0.1, 0.15) is 5.75 Å². The van der Waals surface area contributed by atoms with Gasteiger partial charge in [-0.2, -0.15) is 0 Å². The molecule has 4 nitrogen and oxygen atoms in total. The zero-order valence-electron chi connectivity index (χ0n) is 15.9. The summed E-state index contributed by atoms with van der Waals surface area (Å²) in [5.74, 6) is 0.849. The number of ether oxygens (including phenoxy) is 1. The van der Waals surface area contributed by atoms with Crippen LogP contribution < -0.4 is 10.1 Å². The molecule has 3 aromatic rings. The van der Waals surface area contributed by atoms with Crippen molar-refractivity contribution in [2.75, 3.05) is 11.9 Å². The molecular formula is C22H24N2O2S. The van der Waals surface area contributed by atoms with Crippen molar-refractivity contribution in [1.82, 2.24) is 4.98 Å². The molecule has 1 heterocycles. The lowest BCUT2D eigenvalue weighted by Gasteiger charge is -2.09. The number of hydrogen-bond acceptors (Lipinski definition) is 4.